The van der Waals surface area contributed by atoms with Crippen molar-refractivity contribution in [3.63, 3.8) is 0 Å². The van der Waals surface area contributed by atoms with Gasteiger partial charge in [0, 0.05) is 24.8 Å². The first-order valence-electron chi connectivity index (χ1n) is 27.1. The van der Waals surface area contributed by atoms with Crippen LogP contribution in [0.2, 0.25) is 5.02 Å². The maximum Gasteiger partial charge on any atom is 0.416 e. The van der Waals surface area contributed by atoms with Crippen molar-refractivity contribution in [3.05, 3.63) is 123 Å². The Hall–Kier alpha value is -9.37. The van der Waals surface area contributed by atoms with Crippen LogP contribution in [0, 0.1) is 17.0 Å². The van der Waals surface area contributed by atoms with Crippen molar-refractivity contribution in [1.82, 2.24) is 44.7 Å². The number of ether oxygens (including phenoxy) is 6. The van der Waals surface area contributed by atoms with Crippen molar-refractivity contribution in [3.8, 4) is 29.3 Å². The number of aryl methyl sites for hydroxylation is 2. The van der Waals surface area contributed by atoms with Gasteiger partial charge in [-0.05, 0) is 79.2 Å². The van der Waals surface area contributed by atoms with E-state index in [4.69, 9.17) is 45.3 Å². The number of halogens is 7. The SMILES string of the molecule is CCOC(=O)COC(=O)c1cc(Oc2ccc(C(F)(F)F)cc2Cl)ccc1[N+](=O)[O-].CCS(=O)(=O)c1cccnc1S(=O)(=O)NC(=O)Nc1nc(OC)cc(OC)n1.COc1nc(C)nc(NC(=O)NS(=O)(=O)c2ccccc2CCC(F)(F)F)n1.C[S+](C)C.O=C(O)CNCP(=O)([O-])O. The van der Waals surface area contributed by atoms with E-state index in [1.165, 1.54) is 72.4 Å². The topological polar surface area (TPSA) is 504 Å². The first-order valence-corrected chi connectivity index (χ1v) is 36.4. The number of nitro benzene ring substituents is 1. The molecule has 0 spiro atoms. The number of alkyl halides is 6. The normalized spacial score (nSPS) is 11.8. The molecule has 550 valence electrons. The summed E-state index contributed by atoms with van der Waals surface area (Å²) in [5, 5.41) is 24.2. The van der Waals surface area contributed by atoms with Gasteiger partial charge in [-0.2, -0.15) is 59.7 Å². The summed E-state index contributed by atoms with van der Waals surface area (Å²) in [6.45, 7) is 3.20. The van der Waals surface area contributed by atoms with Crippen LogP contribution in [0.5, 0.6) is 29.3 Å². The minimum Gasteiger partial charge on any atom is -0.778 e. The van der Waals surface area contributed by atoms with Gasteiger partial charge >= 0.3 is 48.3 Å². The molecule has 0 bridgehead atoms. The molecular weight excluding hydrogens is 1480 g/mol. The summed E-state index contributed by atoms with van der Waals surface area (Å²) < 4.78 is 192. The molecule has 6 rings (SSSR count). The molecule has 6 aromatic rings. The van der Waals surface area contributed by atoms with Gasteiger partial charge in [-0.3, -0.25) is 30.9 Å². The number of anilines is 2. The fraction of sp³-hybridized carbons (Fsp3) is 0.340. The standard InChI is InChI=1S/C18H13ClF3NO7.C15H16F3N5O4S.C14H17N5O7S2.C3H8NO5P.C3H9S/c1-2-28-16(24)9-29-17(25)12-8-11(4-5-14(12)23(26)27)30-15-6-3-10(7-13(15)19)18(20,21)22;1-9-19-12(22-14(20-9)27-2)21-13(24)23-28(25,26)11-6-4-3-5-10(11)7-8-15(16,17)18;1-4-27(21,22)9-6-5-7-15-12(9)28(23,24)19-14(20)18-13-16-10(25-2)8-11(17-13)26-3;5-3(6)1-4-2-10(7,8)9;1-4(2)3/h3-8H,2,9H2,1H3;3-6H,7-8H2,1-2H3,(H2,19,20,21,22,23,24);5-8H,4H2,1-3H3,(H2,16,17,18,19,20);4H,1-2H2,(H,5,6)(H2,7,8,9);1-3H3/q;;;;+1/p-1. The molecule has 0 aliphatic carbocycles. The molecule has 1 unspecified atom stereocenters. The zero-order chi connectivity index (χ0) is 76.1. The van der Waals surface area contributed by atoms with Gasteiger partial charge < -0.3 is 47.9 Å². The first-order chi connectivity index (χ1) is 46.3. The van der Waals surface area contributed by atoms with E-state index in [9.17, 15) is 95.1 Å². The monoisotopic (exact) mass is 1540 g/mol. The van der Waals surface area contributed by atoms with E-state index >= 15 is 0 Å². The fourth-order valence-corrected chi connectivity index (χ4v) is 10.9. The molecule has 3 heterocycles. The van der Waals surface area contributed by atoms with Crippen LogP contribution in [-0.2, 0) is 77.0 Å². The third-order valence-electron chi connectivity index (χ3n) is 10.6. The summed E-state index contributed by atoms with van der Waals surface area (Å²) in [6, 6.07) is 11.6. The number of carboxylic acid groups (broad SMARTS) is 1. The molecule has 0 saturated carbocycles. The molecule has 0 aliphatic rings. The number of aromatic nitrogens is 6. The van der Waals surface area contributed by atoms with Crippen molar-refractivity contribution in [1.29, 1.82) is 0 Å². The third-order valence-corrected chi connectivity index (χ3v) is 16.2. The van der Waals surface area contributed by atoms with Crippen LogP contribution in [0.15, 0.2) is 99.9 Å². The van der Waals surface area contributed by atoms with Crippen molar-refractivity contribution in [2.75, 3.05) is 82.5 Å². The molecule has 3 aromatic carbocycles. The smallest absolute Gasteiger partial charge is 0.416 e. The highest BCUT2D eigenvalue weighted by Gasteiger charge is 2.33. The number of hydrogen-bond acceptors (Lipinski definition) is 28. The highest BCUT2D eigenvalue weighted by Crippen LogP contribution is 2.38. The molecule has 0 saturated heterocycles. The molecule has 0 aliphatic heterocycles. The number of hydrogen-bond donors (Lipinski definition) is 7. The first kappa shape index (κ1) is 86.7. The van der Waals surface area contributed by atoms with Crippen LogP contribution in [0.4, 0.5) is 53.5 Å². The van der Waals surface area contributed by atoms with Crippen LogP contribution in [0.1, 0.15) is 47.6 Å². The quantitative estimate of drug-likeness (QED) is 0.00936. The van der Waals surface area contributed by atoms with Gasteiger partial charge in [0.15, 0.2) is 21.5 Å². The second-order valence-electron chi connectivity index (χ2n) is 18.9. The molecule has 7 N–H and O–H groups in total. The predicted molar refractivity (Wildman–Crippen MR) is 340 cm³/mol. The molecule has 0 fully saturated rings. The molecule has 1 atom stereocenters. The van der Waals surface area contributed by atoms with Crippen LogP contribution in [0.3, 0.4) is 0 Å². The number of pyridine rings is 1. The summed E-state index contributed by atoms with van der Waals surface area (Å²) in [5.74, 6) is -4.10. The molecule has 4 amide bonds. The Balaban J connectivity index is 0.000000464. The number of benzene rings is 3. The number of aliphatic carboxylic acids is 1. The minimum absolute atomic E-state index is 0.0493. The Bertz CT molecular complexity index is 4220. The third kappa shape index (κ3) is 31.7. The second-order valence-corrected chi connectivity index (χ2v) is 28.9. The Labute approximate surface area is 573 Å². The van der Waals surface area contributed by atoms with Crippen molar-refractivity contribution in [2.24, 2.45) is 0 Å². The molecule has 47 heteroatoms. The van der Waals surface area contributed by atoms with E-state index in [0.29, 0.717) is 17.0 Å². The van der Waals surface area contributed by atoms with Crippen molar-refractivity contribution >= 4 is 108 Å². The second kappa shape index (κ2) is 39.4. The number of urea groups is 2. The summed E-state index contributed by atoms with van der Waals surface area (Å²) in [6.07, 6.45) is -3.83. The number of amides is 4. The molecule has 3 aromatic heterocycles. The maximum absolute atomic E-state index is 12.7. The number of methoxy groups -OCH3 is 3. The van der Waals surface area contributed by atoms with E-state index in [1.807, 2.05) is 5.32 Å². The van der Waals surface area contributed by atoms with Gasteiger partial charge in [0.2, 0.25) is 23.7 Å². The average Bonchev–Trinajstić information content (AvgIpc) is 0.796. The number of nitrogens with one attached hydrogen (secondary N) is 5. The lowest BCUT2D eigenvalue weighted by molar-refractivity contribution is -0.385. The van der Waals surface area contributed by atoms with E-state index in [0.717, 1.165) is 48.7 Å². The van der Waals surface area contributed by atoms with Crippen molar-refractivity contribution < 1.29 is 128 Å². The van der Waals surface area contributed by atoms with Crippen molar-refractivity contribution in [2.45, 2.75) is 60.8 Å². The predicted octanol–water partition coefficient (Wildman–Crippen LogP) is 5.82. The van der Waals surface area contributed by atoms with E-state index in [-0.39, 0.29) is 69.9 Å². The molecule has 0 radical (unpaired) electrons. The largest absolute Gasteiger partial charge is 0.778 e. The number of nitrogens with zero attached hydrogens (tertiary/aromatic N) is 7. The van der Waals surface area contributed by atoms with E-state index < -0.39 is 149 Å². The van der Waals surface area contributed by atoms with Gasteiger partial charge in [-0.1, -0.05) is 36.7 Å². The molecule has 100 heavy (non-hydrogen) atoms. The van der Waals surface area contributed by atoms with Gasteiger partial charge in [-0.15, -0.1) is 0 Å². The Morgan fingerprint density at radius 1 is 0.750 bits per heavy atom. The highest BCUT2D eigenvalue weighted by molar-refractivity contribution is 7.94. The Morgan fingerprint density at radius 3 is 1.83 bits per heavy atom. The van der Waals surface area contributed by atoms with Gasteiger partial charge in [0.1, 0.15) is 35.4 Å². The maximum atomic E-state index is 12.7. The number of carbonyl (C=O) groups is 5. The number of rotatable bonds is 24. The minimum atomic E-state index is -4.61. The zero-order valence-corrected chi connectivity index (χ0v) is 58.3. The van der Waals surface area contributed by atoms with Crippen LogP contribution in [0.25, 0.3) is 0 Å². The summed E-state index contributed by atoms with van der Waals surface area (Å²) >= 11 is 5.81. The number of nitro groups is 1. The molecular formula is C53H62ClF6N12O23PS4. The lowest BCUT2D eigenvalue weighted by Gasteiger charge is -2.14. The van der Waals surface area contributed by atoms with Gasteiger partial charge in [0.05, 0.1) is 91.8 Å². The van der Waals surface area contributed by atoms with E-state index in [1.54, 1.807) is 9.44 Å². The number of carbonyl (C=O) groups excluding carboxylic acids is 4. The fourth-order valence-electron chi connectivity index (χ4n) is 6.59. The Morgan fingerprint density at radius 2 is 1.32 bits per heavy atom. The summed E-state index contributed by atoms with van der Waals surface area (Å²) in [4.78, 5) is 107. The summed E-state index contributed by atoms with van der Waals surface area (Å²) in [5.41, 5.74) is -2.23. The number of sulfone groups is 1. The van der Waals surface area contributed by atoms with Gasteiger partial charge in [0.25, 0.3) is 25.7 Å². The number of carboxylic acids is 1. The van der Waals surface area contributed by atoms with Crippen LogP contribution < -0.4 is 49.2 Å². The lowest BCUT2D eigenvalue weighted by Crippen LogP contribution is -2.36. The summed E-state index contributed by atoms with van der Waals surface area (Å²) in [7, 11) is -12.7. The van der Waals surface area contributed by atoms with Crippen LogP contribution in [-0.4, -0.2) is 178 Å². The zero-order valence-electron chi connectivity index (χ0n) is 53.4. The van der Waals surface area contributed by atoms with E-state index in [2.05, 4.69) is 64.0 Å². The highest BCUT2D eigenvalue weighted by atomic mass is 35.5. The number of esters is 2. The average molecular weight is 1540 g/mol. The molecule has 35 nitrogen and oxygen atoms in total. The Kier molecular flexibility index (Phi) is 34.2. The van der Waals surface area contributed by atoms with Crippen LogP contribution >= 0.6 is 19.2 Å². The van der Waals surface area contributed by atoms with Gasteiger partial charge in [-0.25, -0.2) is 50.4 Å². The number of sulfonamides is 2. The lowest BCUT2D eigenvalue weighted by atomic mass is 10.1.